The second kappa shape index (κ2) is 8.17. The lowest BCUT2D eigenvalue weighted by Crippen LogP contribution is -2.58. The molecule has 1 aliphatic rings. The van der Waals surface area contributed by atoms with Crippen molar-refractivity contribution in [3.8, 4) is 0 Å². The Morgan fingerprint density at radius 1 is 1.13 bits per heavy atom. The van der Waals surface area contributed by atoms with Gasteiger partial charge in [-0.05, 0) is 29.8 Å². The van der Waals surface area contributed by atoms with Gasteiger partial charge in [0.2, 0.25) is 5.91 Å². The Hall–Kier alpha value is -3.37. The predicted molar refractivity (Wildman–Crippen MR) is 106 cm³/mol. The SMILES string of the molecule is CNC(=O)C1=NCNC1(C(N)=O)c1ccc(NC(=O)c2cc(F)c(F)cc2Cl)cc1. The maximum Gasteiger partial charge on any atom is 0.267 e. The van der Waals surface area contributed by atoms with Crippen molar-refractivity contribution in [3.63, 3.8) is 0 Å². The zero-order valence-electron chi connectivity index (χ0n) is 15.6. The van der Waals surface area contributed by atoms with E-state index in [1.165, 1.54) is 31.3 Å². The molecule has 1 atom stereocenters. The van der Waals surface area contributed by atoms with Crippen LogP contribution in [0.5, 0.6) is 0 Å². The molecule has 2 aromatic rings. The first kappa shape index (κ1) is 21.3. The van der Waals surface area contributed by atoms with Gasteiger partial charge in [-0.25, -0.2) is 8.78 Å². The molecule has 0 spiro atoms. The number of amides is 3. The van der Waals surface area contributed by atoms with Gasteiger partial charge < -0.3 is 16.4 Å². The summed E-state index contributed by atoms with van der Waals surface area (Å²) in [4.78, 5) is 40.8. The first-order valence-electron chi connectivity index (χ1n) is 8.59. The number of primary amides is 1. The topological polar surface area (TPSA) is 126 Å². The van der Waals surface area contributed by atoms with Gasteiger partial charge in [-0.15, -0.1) is 0 Å². The molecule has 156 valence electrons. The molecule has 1 unspecified atom stereocenters. The molecule has 0 saturated heterocycles. The predicted octanol–water partition coefficient (Wildman–Crippen LogP) is 1.30. The number of carbonyl (C=O) groups is 3. The van der Waals surface area contributed by atoms with Gasteiger partial charge in [0.15, 0.2) is 17.2 Å². The first-order chi connectivity index (χ1) is 14.2. The molecule has 11 heteroatoms. The summed E-state index contributed by atoms with van der Waals surface area (Å²) >= 11 is 5.81. The van der Waals surface area contributed by atoms with E-state index in [4.69, 9.17) is 17.3 Å². The van der Waals surface area contributed by atoms with Crippen molar-refractivity contribution in [1.29, 1.82) is 0 Å². The van der Waals surface area contributed by atoms with Crippen LogP contribution < -0.4 is 21.7 Å². The maximum atomic E-state index is 13.4. The van der Waals surface area contributed by atoms with Gasteiger partial charge in [-0.1, -0.05) is 23.7 Å². The van der Waals surface area contributed by atoms with Crippen LogP contribution in [0.25, 0.3) is 0 Å². The van der Waals surface area contributed by atoms with Gasteiger partial charge in [0.1, 0.15) is 5.71 Å². The molecule has 0 fully saturated rings. The fraction of sp³-hybridized carbons (Fsp3) is 0.158. The summed E-state index contributed by atoms with van der Waals surface area (Å²) in [6, 6.07) is 7.25. The highest BCUT2D eigenvalue weighted by Crippen LogP contribution is 2.28. The number of nitrogens with two attached hydrogens (primary N) is 1. The molecular formula is C19H16ClF2N5O3. The zero-order chi connectivity index (χ0) is 22.1. The summed E-state index contributed by atoms with van der Waals surface area (Å²) in [6.07, 6.45) is 0. The van der Waals surface area contributed by atoms with E-state index in [2.05, 4.69) is 20.9 Å². The van der Waals surface area contributed by atoms with E-state index in [1.54, 1.807) is 0 Å². The van der Waals surface area contributed by atoms with Crippen molar-refractivity contribution >= 4 is 40.7 Å². The highest BCUT2D eigenvalue weighted by Gasteiger charge is 2.49. The maximum absolute atomic E-state index is 13.4. The van der Waals surface area contributed by atoms with Crippen molar-refractivity contribution < 1.29 is 23.2 Å². The van der Waals surface area contributed by atoms with E-state index in [1.807, 2.05) is 0 Å². The van der Waals surface area contributed by atoms with Crippen LogP contribution in [-0.4, -0.2) is 37.1 Å². The van der Waals surface area contributed by atoms with E-state index in [9.17, 15) is 23.2 Å². The van der Waals surface area contributed by atoms with E-state index in [0.717, 1.165) is 0 Å². The number of nitrogens with one attached hydrogen (secondary N) is 3. The zero-order valence-corrected chi connectivity index (χ0v) is 16.3. The third-order valence-electron chi connectivity index (χ3n) is 4.58. The quantitative estimate of drug-likeness (QED) is 0.528. The van der Waals surface area contributed by atoms with E-state index >= 15 is 0 Å². The number of halogens is 3. The molecule has 5 N–H and O–H groups in total. The van der Waals surface area contributed by atoms with E-state index in [0.29, 0.717) is 17.7 Å². The molecular weight excluding hydrogens is 420 g/mol. The summed E-state index contributed by atoms with van der Waals surface area (Å²) in [5, 5.41) is 7.49. The molecule has 1 heterocycles. The Morgan fingerprint density at radius 2 is 1.77 bits per heavy atom. The lowest BCUT2D eigenvalue weighted by atomic mass is 9.84. The second-order valence-electron chi connectivity index (χ2n) is 6.31. The van der Waals surface area contributed by atoms with Gasteiger partial charge in [0.25, 0.3) is 11.8 Å². The largest absolute Gasteiger partial charge is 0.367 e. The van der Waals surface area contributed by atoms with Crippen molar-refractivity contribution in [2.24, 2.45) is 10.7 Å². The second-order valence-corrected chi connectivity index (χ2v) is 6.72. The molecule has 3 rings (SSSR count). The summed E-state index contributed by atoms with van der Waals surface area (Å²) in [6.45, 7) is 0.0127. The van der Waals surface area contributed by atoms with Gasteiger partial charge >= 0.3 is 0 Å². The number of hydrogen-bond donors (Lipinski definition) is 4. The Labute approximate surface area is 174 Å². The number of anilines is 1. The number of hydrogen-bond acceptors (Lipinski definition) is 5. The molecule has 1 aliphatic heterocycles. The smallest absolute Gasteiger partial charge is 0.267 e. The van der Waals surface area contributed by atoms with Crippen LogP contribution in [0.1, 0.15) is 15.9 Å². The highest BCUT2D eigenvalue weighted by atomic mass is 35.5. The Kier molecular flexibility index (Phi) is 5.81. The third kappa shape index (κ3) is 3.62. The van der Waals surface area contributed by atoms with Crippen LogP contribution in [0.3, 0.4) is 0 Å². The van der Waals surface area contributed by atoms with Gasteiger partial charge in [0, 0.05) is 12.7 Å². The molecule has 30 heavy (non-hydrogen) atoms. The van der Waals surface area contributed by atoms with Crippen molar-refractivity contribution in [2.75, 3.05) is 19.0 Å². The lowest BCUT2D eigenvalue weighted by Gasteiger charge is -2.27. The molecule has 8 nitrogen and oxygen atoms in total. The van der Waals surface area contributed by atoms with Crippen LogP contribution >= 0.6 is 11.6 Å². The minimum atomic E-state index is -1.63. The van der Waals surface area contributed by atoms with E-state index < -0.39 is 34.9 Å². The molecule has 0 saturated carbocycles. The van der Waals surface area contributed by atoms with Crippen LogP contribution in [0.4, 0.5) is 14.5 Å². The third-order valence-corrected chi connectivity index (χ3v) is 4.89. The van der Waals surface area contributed by atoms with Gasteiger partial charge in [-0.3, -0.25) is 24.7 Å². The number of rotatable bonds is 5. The van der Waals surface area contributed by atoms with Gasteiger partial charge in [-0.2, -0.15) is 0 Å². The number of carbonyl (C=O) groups excluding carboxylic acids is 3. The molecule has 0 radical (unpaired) electrons. The van der Waals surface area contributed by atoms with Crippen molar-refractivity contribution in [2.45, 2.75) is 5.54 Å². The summed E-state index contributed by atoms with van der Waals surface area (Å²) in [5.74, 6) is -4.54. The summed E-state index contributed by atoms with van der Waals surface area (Å²) in [7, 11) is 1.40. The first-order valence-corrected chi connectivity index (χ1v) is 8.97. The van der Waals surface area contributed by atoms with Crippen LogP contribution in [-0.2, 0) is 15.1 Å². The highest BCUT2D eigenvalue weighted by molar-refractivity contribution is 6.47. The van der Waals surface area contributed by atoms with Crippen LogP contribution in [0.15, 0.2) is 41.4 Å². The summed E-state index contributed by atoms with van der Waals surface area (Å²) < 4.78 is 26.6. The molecule has 0 bridgehead atoms. The number of aliphatic imine (C=N–C) groups is 1. The number of nitrogens with zero attached hydrogens (tertiary/aromatic N) is 1. The normalized spacial score (nSPS) is 17.9. The average molecular weight is 436 g/mol. The Bertz CT molecular complexity index is 1070. The monoisotopic (exact) mass is 435 g/mol. The minimum absolute atomic E-state index is 0.0127. The molecule has 0 aliphatic carbocycles. The minimum Gasteiger partial charge on any atom is -0.367 e. The van der Waals surface area contributed by atoms with Gasteiger partial charge in [0.05, 0.1) is 17.3 Å². The van der Waals surface area contributed by atoms with E-state index in [-0.39, 0.29) is 28.7 Å². The van der Waals surface area contributed by atoms with Crippen LogP contribution in [0, 0.1) is 11.6 Å². The fourth-order valence-corrected chi connectivity index (χ4v) is 3.32. The summed E-state index contributed by atoms with van der Waals surface area (Å²) in [5.41, 5.74) is 4.22. The van der Waals surface area contributed by atoms with Crippen LogP contribution in [0.2, 0.25) is 5.02 Å². The Morgan fingerprint density at radius 3 is 2.37 bits per heavy atom. The molecule has 3 amide bonds. The fourth-order valence-electron chi connectivity index (χ4n) is 3.08. The number of benzene rings is 2. The molecule has 0 aromatic heterocycles. The lowest BCUT2D eigenvalue weighted by molar-refractivity contribution is -0.123. The Balaban J connectivity index is 1.88. The van der Waals surface area contributed by atoms with Crippen molar-refractivity contribution in [3.05, 3.63) is 64.2 Å². The molecule has 2 aromatic carbocycles. The van der Waals surface area contributed by atoms with Crippen molar-refractivity contribution in [1.82, 2.24) is 10.6 Å². The standard InChI is InChI=1S/C19H16ClF2N5O3/c1-24-17(29)15-19(18(23)30,26-8-25-15)9-2-4-10(5-3-9)27-16(28)11-6-13(21)14(22)7-12(11)20/h2-7,26H,8H2,1H3,(H2,23,30)(H,24,29)(H,27,28). The average Bonchev–Trinajstić information content (AvgIpc) is 3.17.